The minimum absolute atomic E-state index is 0.494. The fraction of sp³-hybridized carbons (Fsp3) is 0.308. The second-order valence-corrected chi connectivity index (χ2v) is 3.94. The maximum Gasteiger partial charge on any atom is 0.328 e. The number of hydrogen-bond donors (Lipinski definition) is 1. The van der Waals surface area contributed by atoms with Crippen LogP contribution in [0.25, 0.3) is 6.08 Å². The zero-order valence-electron chi connectivity index (χ0n) is 9.65. The first-order chi connectivity index (χ1) is 8.15. The topological polar surface area (TPSA) is 46.5 Å². The first-order valence-electron chi connectivity index (χ1n) is 5.47. The second-order valence-electron chi connectivity index (χ2n) is 3.53. The van der Waals surface area contributed by atoms with Crippen LogP contribution in [0.1, 0.15) is 25.3 Å². The molecule has 0 atom stereocenters. The summed E-state index contributed by atoms with van der Waals surface area (Å²) >= 11 is 6.02. The van der Waals surface area contributed by atoms with Crippen LogP contribution in [0.3, 0.4) is 0 Å². The molecular formula is C13H15ClO3. The van der Waals surface area contributed by atoms with E-state index >= 15 is 0 Å². The number of unbranched alkanes of at least 4 members (excludes halogenated alkanes) is 1. The van der Waals surface area contributed by atoms with Gasteiger partial charge in [0.05, 0.1) is 11.6 Å². The van der Waals surface area contributed by atoms with Crippen LogP contribution in [0.4, 0.5) is 0 Å². The van der Waals surface area contributed by atoms with Crippen LogP contribution in [0, 0.1) is 0 Å². The quantitative estimate of drug-likeness (QED) is 0.623. The van der Waals surface area contributed by atoms with Gasteiger partial charge in [-0.05, 0) is 18.6 Å². The Bertz CT molecular complexity index is 413. The number of halogens is 1. The van der Waals surface area contributed by atoms with Crippen molar-refractivity contribution >= 4 is 23.6 Å². The molecule has 0 amide bonds. The molecule has 4 heteroatoms. The molecule has 0 aliphatic carbocycles. The first-order valence-corrected chi connectivity index (χ1v) is 5.85. The number of hydrogen-bond acceptors (Lipinski definition) is 2. The van der Waals surface area contributed by atoms with Crippen LogP contribution in [0.2, 0.25) is 5.02 Å². The van der Waals surface area contributed by atoms with Crippen LogP contribution >= 0.6 is 11.6 Å². The molecule has 0 saturated heterocycles. The van der Waals surface area contributed by atoms with E-state index in [1.165, 1.54) is 6.08 Å². The van der Waals surface area contributed by atoms with Crippen molar-refractivity contribution in [3.8, 4) is 5.75 Å². The largest absolute Gasteiger partial charge is 0.491 e. The summed E-state index contributed by atoms with van der Waals surface area (Å²) in [5.74, 6) is -0.454. The summed E-state index contributed by atoms with van der Waals surface area (Å²) in [5.41, 5.74) is 0.677. The van der Waals surface area contributed by atoms with Crippen LogP contribution in [0.15, 0.2) is 24.3 Å². The van der Waals surface area contributed by atoms with Crippen molar-refractivity contribution in [2.24, 2.45) is 0 Å². The number of ether oxygens (including phenoxy) is 1. The van der Waals surface area contributed by atoms with Crippen LogP contribution < -0.4 is 4.74 Å². The summed E-state index contributed by atoms with van der Waals surface area (Å²) in [7, 11) is 0. The molecule has 0 fully saturated rings. The number of carbonyl (C=O) groups is 1. The molecule has 1 rings (SSSR count). The standard InChI is InChI=1S/C13H15ClO3/c1-2-3-9-17-13-10(7-8-12(15)16)5-4-6-11(13)14/h4-8H,2-3,9H2,1H3,(H,15,16)/b8-7+. The number of rotatable bonds is 6. The third-order valence-electron chi connectivity index (χ3n) is 2.15. The van der Waals surface area contributed by atoms with Crippen molar-refractivity contribution in [1.29, 1.82) is 0 Å². The van der Waals surface area contributed by atoms with Gasteiger partial charge in [0.15, 0.2) is 0 Å². The van der Waals surface area contributed by atoms with E-state index < -0.39 is 5.97 Å². The maximum absolute atomic E-state index is 10.5. The predicted octanol–water partition coefficient (Wildman–Crippen LogP) is 3.62. The van der Waals surface area contributed by atoms with E-state index in [4.69, 9.17) is 21.4 Å². The van der Waals surface area contributed by atoms with E-state index in [0.29, 0.717) is 22.9 Å². The molecule has 0 radical (unpaired) electrons. The molecule has 17 heavy (non-hydrogen) atoms. The molecule has 0 aromatic heterocycles. The monoisotopic (exact) mass is 254 g/mol. The number of carboxylic acid groups (broad SMARTS) is 1. The molecule has 0 spiro atoms. The van der Waals surface area contributed by atoms with Gasteiger partial charge < -0.3 is 9.84 Å². The van der Waals surface area contributed by atoms with Gasteiger partial charge in [-0.15, -0.1) is 0 Å². The summed E-state index contributed by atoms with van der Waals surface area (Å²) in [4.78, 5) is 10.5. The third-order valence-corrected chi connectivity index (χ3v) is 2.44. The Kier molecular flexibility index (Phi) is 5.57. The minimum atomic E-state index is -0.996. The Morgan fingerprint density at radius 2 is 2.29 bits per heavy atom. The van der Waals surface area contributed by atoms with Crippen LogP contribution in [0.5, 0.6) is 5.75 Å². The zero-order valence-corrected chi connectivity index (χ0v) is 10.4. The van der Waals surface area contributed by atoms with Gasteiger partial charge in [-0.1, -0.05) is 37.1 Å². The molecule has 0 aliphatic rings. The molecule has 3 nitrogen and oxygen atoms in total. The van der Waals surface area contributed by atoms with Gasteiger partial charge in [0, 0.05) is 11.6 Å². The molecule has 1 aromatic carbocycles. The van der Waals surface area contributed by atoms with E-state index in [1.807, 2.05) is 0 Å². The Balaban J connectivity index is 2.87. The first kappa shape index (κ1) is 13.6. The number of para-hydroxylation sites is 1. The lowest BCUT2D eigenvalue weighted by atomic mass is 10.2. The summed E-state index contributed by atoms with van der Waals surface area (Å²) in [5, 5.41) is 9.08. The normalized spacial score (nSPS) is 10.7. The lowest BCUT2D eigenvalue weighted by molar-refractivity contribution is -0.131. The summed E-state index contributed by atoms with van der Waals surface area (Å²) in [6.45, 7) is 2.65. The summed E-state index contributed by atoms with van der Waals surface area (Å²) in [6.07, 6.45) is 4.52. The highest BCUT2D eigenvalue weighted by molar-refractivity contribution is 6.32. The summed E-state index contributed by atoms with van der Waals surface area (Å²) in [6, 6.07) is 5.25. The van der Waals surface area contributed by atoms with Gasteiger partial charge >= 0.3 is 5.97 Å². The second kappa shape index (κ2) is 6.97. The SMILES string of the molecule is CCCCOc1c(Cl)cccc1/C=C/C(=O)O. The highest BCUT2D eigenvalue weighted by Gasteiger charge is 2.06. The Morgan fingerprint density at radius 1 is 1.53 bits per heavy atom. The van der Waals surface area contributed by atoms with Gasteiger partial charge in [-0.2, -0.15) is 0 Å². The van der Waals surface area contributed by atoms with Crippen molar-refractivity contribution in [2.45, 2.75) is 19.8 Å². The fourth-order valence-corrected chi connectivity index (χ4v) is 1.53. The van der Waals surface area contributed by atoms with E-state index in [1.54, 1.807) is 18.2 Å². The molecule has 1 N–H and O–H groups in total. The molecular weight excluding hydrogens is 240 g/mol. The highest BCUT2D eigenvalue weighted by Crippen LogP contribution is 2.29. The average molecular weight is 255 g/mol. The van der Waals surface area contributed by atoms with Crippen molar-refractivity contribution in [1.82, 2.24) is 0 Å². The summed E-state index contributed by atoms with van der Waals surface area (Å²) < 4.78 is 5.56. The number of carboxylic acids is 1. The molecule has 0 heterocycles. The van der Waals surface area contributed by atoms with Crippen molar-refractivity contribution < 1.29 is 14.6 Å². The molecule has 0 bridgehead atoms. The van der Waals surface area contributed by atoms with Gasteiger partial charge in [-0.3, -0.25) is 0 Å². The van der Waals surface area contributed by atoms with E-state index in [9.17, 15) is 4.79 Å². The molecule has 0 unspecified atom stereocenters. The van der Waals surface area contributed by atoms with E-state index in [2.05, 4.69) is 6.92 Å². The molecule has 92 valence electrons. The lowest BCUT2D eigenvalue weighted by Gasteiger charge is -2.10. The maximum atomic E-state index is 10.5. The Hall–Kier alpha value is -1.48. The average Bonchev–Trinajstić information content (AvgIpc) is 2.29. The lowest BCUT2D eigenvalue weighted by Crippen LogP contribution is -1.99. The predicted molar refractivity (Wildman–Crippen MR) is 68.5 cm³/mol. The number of aliphatic carboxylic acids is 1. The molecule has 0 aliphatic heterocycles. The Labute approximate surface area is 106 Å². The minimum Gasteiger partial charge on any atom is -0.491 e. The molecule has 1 aromatic rings. The van der Waals surface area contributed by atoms with E-state index in [-0.39, 0.29) is 0 Å². The fourth-order valence-electron chi connectivity index (χ4n) is 1.29. The van der Waals surface area contributed by atoms with Gasteiger partial charge in [-0.25, -0.2) is 4.79 Å². The smallest absolute Gasteiger partial charge is 0.328 e. The van der Waals surface area contributed by atoms with Gasteiger partial charge in [0.1, 0.15) is 5.75 Å². The zero-order chi connectivity index (χ0) is 12.7. The van der Waals surface area contributed by atoms with Crippen molar-refractivity contribution in [2.75, 3.05) is 6.61 Å². The number of benzene rings is 1. The third kappa shape index (κ3) is 4.49. The van der Waals surface area contributed by atoms with Gasteiger partial charge in [0.2, 0.25) is 0 Å². The van der Waals surface area contributed by atoms with Crippen molar-refractivity contribution in [3.63, 3.8) is 0 Å². The van der Waals surface area contributed by atoms with Crippen LogP contribution in [-0.4, -0.2) is 17.7 Å². The molecule has 0 saturated carbocycles. The van der Waals surface area contributed by atoms with E-state index in [0.717, 1.165) is 18.9 Å². The van der Waals surface area contributed by atoms with Crippen LogP contribution in [-0.2, 0) is 4.79 Å². The van der Waals surface area contributed by atoms with Gasteiger partial charge in [0.25, 0.3) is 0 Å². The highest BCUT2D eigenvalue weighted by atomic mass is 35.5. The Morgan fingerprint density at radius 3 is 2.94 bits per heavy atom. The van der Waals surface area contributed by atoms with Crippen molar-refractivity contribution in [3.05, 3.63) is 34.9 Å².